The number of halogens is 2. The lowest BCUT2D eigenvalue weighted by Gasteiger charge is -2.14. The third-order valence-corrected chi connectivity index (χ3v) is 3.99. The lowest BCUT2D eigenvalue weighted by molar-refractivity contribution is -0.885. The predicted molar refractivity (Wildman–Crippen MR) is 91.7 cm³/mol. The molecule has 0 spiro atoms. The maximum atomic E-state index is 12.1. The molecule has 116 valence electrons. The molecular formula is C17H19Cl2N2O+. The van der Waals surface area contributed by atoms with Crippen molar-refractivity contribution in [1.29, 1.82) is 0 Å². The molecule has 0 bridgehead atoms. The van der Waals surface area contributed by atoms with Gasteiger partial charge >= 0.3 is 0 Å². The van der Waals surface area contributed by atoms with Gasteiger partial charge in [0.05, 0.1) is 17.1 Å². The van der Waals surface area contributed by atoms with Gasteiger partial charge in [-0.3, -0.25) is 4.79 Å². The van der Waals surface area contributed by atoms with E-state index >= 15 is 0 Å². The standard InChI is InChI=1S/C17H18Cl2N2O/c1-12-4-3-5-14(8-12)20-17(22)11-21(2)10-13-6-7-15(18)16(19)9-13/h3-9H,10-11H2,1-2H3,(H,20,22)/p+1. The molecule has 2 aromatic carbocycles. The van der Waals surface area contributed by atoms with Crippen LogP contribution in [-0.4, -0.2) is 19.5 Å². The molecule has 0 heterocycles. The molecule has 1 atom stereocenters. The Hall–Kier alpha value is -1.55. The van der Waals surface area contributed by atoms with E-state index in [0.717, 1.165) is 21.7 Å². The highest BCUT2D eigenvalue weighted by molar-refractivity contribution is 6.42. The van der Waals surface area contributed by atoms with Crippen LogP contribution in [0.2, 0.25) is 10.0 Å². The van der Waals surface area contributed by atoms with Crippen LogP contribution in [0.25, 0.3) is 0 Å². The Morgan fingerprint density at radius 3 is 2.59 bits per heavy atom. The number of quaternary nitrogens is 1. The Labute approximate surface area is 140 Å². The number of amides is 1. The minimum absolute atomic E-state index is 0.0110. The van der Waals surface area contributed by atoms with Crippen LogP contribution in [0.15, 0.2) is 42.5 Å². The topological polar surface area (TPSA) is 33.5 Å². The number of carbonyl (C=O) groups excluding carboxylic acids is 1. The van der Waals surface area contributed by atoms with Gasteiger partial charge < -0.3 is 10.2 Å². The van der Waals surface area contributed by atoms with Crippen LogP contribution < -0.4 is 10.2 Å². The molecule has 0 aliphatic heterocycles. The second-order valence-electron chi connectivity index (χ2n) is 5.48. The van der Waals surface area contributed by atoms with Crippen molar-refractivity contribution >= 4 is 34.8 Å². The zero-order valence-corrected chi connectivity index (χ0v) is 14.1. The largest absolute Gasteiger partial charge is 0.326 e. The van der Waals surface area contributed by atoms with Crippen LogP contribution in [0.5, 0.6) is 0 Å². The highest BCUT2D eigenvalue weighted by atomic mass is 35.5. The second-order valence-corrected chi connectivity index (χ2v) is 6.29. The summed E-state index contributed by atoms with van der Waals surface area (Å²) in [5.41, 5.74) is 3.00. The fraction of sp³-hybridized carbons (Fsp3) is 0.235. The first-order chi connectivity index (χ1) is 10.4. The summed E-state index contributed by atoms with van der Waals surface area (Å²) in [6, 6.07) is 13.3. The van der Waals surface area contributed by atoms with Crippen LogP contribution in [-0.2, 0) is 11.3 Å². The molecule has 0 fully saturated rings. The van der Waals surface area contributed by atoms with Gasteiger partial charge in [0.2, 0.25) is 0 Å². The number of benzene rings is 2. The number of anilines is 1. The summed E-state index contributed by atoms with van der Waals surface area (Å²) in [6.45, 7) is 3.09. The first-order valence-corrected chi connectivity index (χ1v) is 7.81. The number of rotatable bonds is 5. The van der Waals surface area contributed by atoms with E-state index in [1.54, 1.807) is 6.07 Å². The first kappa shape index (κ1) is 16.8. The Balaban J connectivity index is 1.89. The zero-order valence-electron chi connectivity index (χ0n) is 12.6. The van der Waals surface area contributed by atoms with Gasteiger partial charge in [-0.25, -0.2) is 0 Å². The predicted octanol–water partition coefficient (Wildman–Crippen LogP) is 2.96. The lowest BCUT2D eigenvalue weighted by atomic mass is 10.2. The average Bonchev–Trinajstić information content (AvgIpc) is 2.42. The van der Waals surface area contributed by atoms with Crippen molar-refractivity contribution in [3.63, 3.8) is 0 Å². The third-order valence-electron chi connectivity index (χ3n) is 3.25. The molecule has 0 aromatic heterocycles. The van der Waals surface area contributed by atoms with Crippen molar-refractivity contribution in [2.75, 3.05) is 18.9 Å². The van der Waals surface area contributed by atoms with Gasteiger partial charge in [0.1, 0.15) is 6.54 Å². The summed E-state index contributed by atoms with van der Waals surface area (Å²) in [7, 11) is 1.97. The molecule has 1 amide bonds. The molecule has 22 heavy (non-hydrogen) atoms. The zero-order chi connectivity index (χ0) is 16.1. The fourth-order valence-electron chi connectivity index (χ4n) is 2.26. The summed E-state index contributed by atoms with van der Waals surface area (Å²) in [4.78, 5) is 13.1. The normalized spacial score (nSPS) is 12.0. The van der Waals surface area contributed by atoms with Crippen molar-refractivity contribution in [2.24, 2.45) is 0 Å². The number of carbonyl (C=O) groups is 1. The van der Waals surface area contributed by atoms with Crippen molar-refractivity contribution in [2.45, 2.75) is 13.5 Å². The lowest BCUT2D eigenvalue weighted by Crippen LogP contribution is -3.08. The third kappa shape index (κ3) is 5.02. The van der Waals surface area contributed by atoms with Crippen molar-refractivity contribution in [1.82, 2.24) is 0 Å². The van der Waals surface area contributed by atoms with E-state index in [-0.39, 0.29) is 5.91 Å². The van der Waals surface area contributed by atoms with Crippen molar-refractivity contribution < 1.29 is 9.69 Å². The minimum Gasteiger partial charge on any atom is -0.326 e. The number of aryl methyl sites for hydroxylation is 1. The quantitative estimate of drug-likeness (QED) is 0.864. The van der Waals surface area contributed by atoms with Crippen LogP contribution in [0, 0.1) is 6.92 Å². The first-order valence-electron chi connectivity index (χ1n) is 7.06. The van der Waals surface area contributed by atoms with E-state index in [9.17, 15) is 4.79 Å². The van der Waals surface area contributed by atoms with Crippen molar-refractivity contribution in [3.8, 4) is 0 Å². The molecule has 0 aliphatic rings. The highest BCUT2D eigenvalue weighted by Gasteiger charge is 2.11. The Morgan fingerprint density at radius 1 is 1.14 bits per heavy atom. The molecule has 0 radical (unpaired) electrons. The van der Waals surface area contributed by atoms with E-state index in [0.29, 0.717) is 23.1 Å². The maximum absolute atomic E-state index is 12.1. The smallest absolute Gasteiger partial charge is 0.279 e. The monoisotopic (exact) mass is 337 g/mol. The molecule has 2 N–H and O–H groups in total. The van der Waals surface area contributed by atoms with Gasteiger partial charge in [0.15, 0.2) is 6.54 Å². The van der Waals surface area contributed by atoms with Gasteiger partial charge in [-0.2, -0.15) is 0 Å². The SMILES string of the molecule is Cc1cccc(NC(=O)C[NH+](C)Cc2ccc(Cl)c(Cl)c2)c1. The summed E-state index contributed by atoms with van der Waals surface area (Å²) in [6.07, 6.45) is 0. The van der Waals surface area contributed by atoms with E-state index in [1.807, 2.05) is 50.4 Å². The van der Waals surface area contributed by atoms with Crippen LogP contribution in [0.3, 0.4) is 0 Å². The fourth-order valence-corrected chi connectivity index (χ4v) is 2.58. The maximum Gasteiger partial charge on any atom is 0.279 e. The molecule has 0 saturated carbocycles. The van der Waals surface area contributed by atoms with E-state index in [4.69, 9.17) is 23.2 Å². The molecule has 5 heteroatoms. The summed E-state index contributed by atoms with van der Waals surface area (Å²) < 4.78 is 0. The molecule has 0 aliphatic carbocycles. The van der Waals surface area contributed by atoms with Gasteiger partial charge in [0, 0.05) is 11.3 Å². The number of hydrogen-bond donors (Lipinski definition) is 2. The number of nitrogens with one attached hydrogen (secondary N) is 2. The number of hydrogen-bond acceptors (Lipinski definition) is 1. The van der Waals surface area contributed by atoms with E-state index < -0.39 is 0 Å². The molecule has 1 unspecified atom stereocenters. The van der Waals surface area contributed by atoms with Crippen LogP contribution >= 0.6 is 23.2 Å². The van der Waals surface area contributed by atoms with Gasteiger partial charge in [0.25, 0.3) is 5.91 Å². The molecule has 2 aromatic rings. The Morgan fingerprint density at radius 2 is 1.91 bits per heavy atom. The summed E-state index contributed by atoms with van der Waals surface area (Å²) >= 11 is 11.9. The summed E-state index contributed by atoms with van der Waals surface area (Å²) in [5, 5.41) is 3.99. The molecule has 3 nitrogen and oxygen atoms in total. The van der Waals surface area contributed by atoms with E-state index in [1.165, 1.54) is 0 Å². The minimum atomic E-state index is -0.0110. The summed E-state index contributed by atoms with van der Waals surface area (Å²) in [5.74, 6) is -0.0110. The Bertz CT molecular complexity index is 673. The van der Waals surface area contributed by atoms with Crippen molar-refractivity contribution in [3.05, 3.63) is 63.6 Å². The van der Waals surface area contributed by atoms with Gasteiger partial charge in [-0.1, -0.05) is 41.4 Å². The van der Waals surface area contributed by atoms with Gasteiger partial charge in [-0.05, 0) is 36.8 Å². The second kappa shape index (κ2) is 7.63. The van der Waals surface area contributed by atoms with Gasteiger partial charge in [-0.15, -0.1) is 0 Å². The Kier molecular flexibility index (Phi) is 5.83. The average molecular weight is 338 g/mol. The van der Waals surface area contributed by atoms with Crippen LogP contribution in [0.1, 0.15) is 11.1 Å². The highest BCUT2D eigenvalue weighted by Crippen LogP contribution is 2.22. The van der Waals surface area contributed by atoms with E-state index in [2.05, 4.69) is 5.32 Å². The molecular weight excluding hydrogens is 319 g/mol. The molecule has 0 saturated heterocycles. The number of likely N-dealkylation sites (N-methyl/N-ethyl adjacent to an activating group) is 1. The molecule has 2 rings (SSSR count). The van der Waals surface area contributed by atoms with Crippen LogP contribution in [0.4, 0.5) is 5.69 Å².